The van der Waals surface area contributed by atoms with Crippen LogP contribution in [0.5, 0.6) is 11.5 Å². The van der Waals surface area contributed by atoms with Crippen LogP contribution in [0.15, 0.2) is 12.1 Å². The number of methoxy groups -OCH3 is 2. The van der Waals surface area contributed by atoms with E-state index in [4.69, 9.17) is 19.9 Å². The van der Waals surface area contributed by atoms with Gasteiger partial charge >= 0.3 is 5.97 Å². The predicted octanol–water partition coefficient (Wildman–Crippen LogP) is 3.34. The van der Waals surface area contributed by atoms with Gasteiger partial charge in [0.1, 0.15) is 15.9 Å². The van der Waals surface area contributed by atoms with Crippen molar-refractivity contribution in [2.45, 2.75) is 26.9 Å². The van der Waals surface area contributed by atoms with E-state index in [9.17, 15) is 10.1 Å². The highest BCUT2D eigenvalue weighted by Gasteiger charge is 2.24. The molecule has 150 valence electrons. The van der Waals surface area contributed by atoms with Crippen LogP contribution in [0, 0.1) is 18.3 Å². The highest BCUT2D eigenvalue weighted by Crippen LogP contribution is 2.33. The Morgan fingerprint density at radius 3 is 2.46 bits per heavy atom. The van der Waals surface area contributed by atoms with Gasteiger partial charge in [-0.2, -0.15) is 5.26 Å². The summed E-state index contributed by atoms with van der Waals surface area (Å²) in [5.74, 6) is 0.876. The summed E-state index contributed by atoms with van der Waals surface area (Å²) in [5, 5.41) is 9.80. The van der Waals surface area contributed by atoms with Gasteiger partial charge in [0.2, 0.25) is 0 Å². The smallest absolute Gasteiger partial charge is 0.348 e. The fourth-order valence-corrected chi connectivity index (χ4v) is 3.85. The Kier molecular flexibility index (Phi) is 7.26. The molecule has 1 aromatic carbocycles. The van der Waals surface area contributed by atoms with Crippen molar-refractivity contribution in [1.82, 2.24) is 4.90 Å². The average molecular weight is 404 g/mol. The van der Waals surface area contributed by atoms with Crippen LogP contribution in [-0.4, -0.2) is 38.7 Å². The monoisotopic (exact) mass is 403 g/mol. The summed E-state index contributed by atoms with van der Waals surface area (Å²) in [5.41, 5.74) is 9.00. The second kappa shape index (κ2) is 9.44. The normalized spacial score (nSPS) is 10.6. The van der Waals surface area contributed by atoms with Gasteiger partial charge in [0.25, 0.3) is 0 Å². The van der Waals surface area contributed by atoms with Crippen LogP contribution in [0.1, 0.15) is 38.8 Å². The minimum Gasteiger partial charge on any atom is -0.493 e. The first-order valence-electron chi connectivity index (χ1n) is 8.74. The first kappa shape index (κ1) is 21.5. The molecule has 0 aliphatic heterocycles. The molecular formula is C20H25N3O4S. The van der Waals surface area contributed by atoms with Gasteiger partial charge in [-0.05, 0) is 44.2 Å². The van der Waals surface area contributed by atoms with Crippen molar-refractivity contribution in [2.24, 2.45) is 0 Å². The van der Waals surface area contributed by atoms with Gasteiger partial charge in [-0.1, -0.05) is 0 Å². The number of hydrogen-bond acceptors (Lipinski definition) is 8. The van der Waals surface area contributed by atoms with Gasteiger partial charge in [-0.15, -0.1) is 11.3 Å². The third kappa shape index (κ3) is 4.55. The SMILES string of the molecule is CCOC(=O)c1sc(N)c(C#N)c1CN(C)Cc1cc(OC)c(OC)cc1C. The fraction of sp³-hybridized carbons (Fsp3) is 0.400. The lowest BCUT2D eigenvalue weighted by molar-refractivity contribution is 0.0530. The molecule has 0 amide bonds. The maximum Gasteiger partial charge on any atom is 0.348 e. The van der Waals surface area contributed by atoms with E-state index in [1.807, 2.05) is 31.0 Å². The highest BCUT2D eigenvalue weighted by atomic mass is 32.1. The first-order chi connectivity index (χ1) is 13.4. The minimum absolute atomic E-state index is 0.263. The molecule has 0 radical (unpaired) electrons. The molecule has 2 aromatic rings. The van der Waals surface area contributed by atoms with Crippen molar-refractivity contribution in [2.75, 3.05) is 33.6 Å². The predicted molar refractivity (Wildman–Crippen MR) is 109 cm³/mol. The Labute approximate surface area is 169 Å². The van der Waals surface area contributed by atoms with Gasteiger partial charge in [-0.3, -0.25) is 4.90 Å². The third-order valence-electron chi connectivity index (χ3n) is 4.32. The minimum atomic E-state index is -0.452. The molecule has 0 saturated heterocycles. The molecular weight excluding hydrogens is 378 g/mol. The van der Waals surface area contributed by atoms with Gasteiger partial charge < -0.3 is 19.9 Å². The van der Waals surface area contributed by atoms with Crippen LogP contribution in [0.4, 0.5) is 5.00 Å². The fourth-order valence-electron chi connectivity index (χ4n) is 2.93. The van der Waals surface area contributed by atoms with E-state index >= 15 is 0 Å². The van der Waals surface area contributed by atoms with E-state index in [2.05, 4.69) is 6.07 Å². The van der Waals surface area contributed by atoms with E-state index < -0.39 is 5.97 Å². The van der Waals surface area contributed by atoms with E-state index in [1.54, 1.807) is 21.1 Å². The summed E-state index contributed by atoms with van der Waals surface area (Å²) >= 11 is 1.09. The summed E-state index contributed by atoms with van der Waals surface area (Å²) in [6.07, 6.45) is 0. The molecule has 0 aliphatic carbocycles. The van der Waals surface area contributed by atoms with Crippen LogP contribution >= 0.6 is 11.3 Å². The highest BCUT2D eigenvalue weighted by molar-refractivity contribution is 7.18. The van der Waals surface area contributed by atoms with Gasteiger partial charge in [-0.25, -0.2) is 4.79 Å². The second-order valence-electron chi connectivity index (χ2n) is 6.29. The van der Waals surface area contributed by atoms with Crippen LogP contribution in [0.2, 0.25) is 0 Å². The van der Waals surface area contributed by atoms with Gasteiger partial charge in [0.05, 0.1) is 26.4 Å². The maximum absolute atomic E-state index is 12.3. The molecule has 0 bridgehead atoms. The van der Waals surface area contributed by atoms with E-state index in [0.717, 1.165) is 22.5 Å². The number of nitriles is 1. The first-order valence-corrected chi connectivity index (χ1v) is 9.56. The van der Waals surface area contributed by atoms with E-state index in [1.165, 1.54) is 0 Å². The van der Waals surface area contributed by atoms with E-state index in [-0.39, 0.29) is 6.61 Å². The van der Waals surface area contributed by atoms with Crippen molar-refractivity contribution in [3.8, 4) is 17.6 Å². The molecule has 2 N–H and O–H groups in total. The summed E-state index contributed by atoms with van der Waals surface area (Å²) in [6.45, 7) is 4.98. The Morgan fingerprint density at radius 2 is 1.89 bits per heavy atom. The van der Waals surface area contributed by atoms with Crippen molar-refractivity contribution in [1.29, 1.82) is 5.26 Å². The standard InChI is InChI=1S/C20H25N3O4S/c1-6-27-20(24)18-15(14(9-21)19(22)28-18)11-23(3)10-13-8-17(26-5)16(25-4)7-12(13)2/h7-8H,6,10-11,22H2,1-5H3. The molecule has 28 heavy (non-hydrogen) atoms. The van der Waals surface area contributed by atoms with E-state index in [0.29, 0.717) is 45.6 Å². The summed E-state index contributed by atoms with van der Waals surface area (Å²) in [7, 11) is 5.12. The summed E-state index contributed by atoms with van der Waals surface area (Å²) < 4.78 is 15.8. The lowest BCUT2D eigenvalue weighted by Gasteiger charge is -2.20. The average Bonchev–Trinajstić information content (AvgIpc) is 2.98. The van der Waals surface area contributed by atoms with Gasteiger partial charge in [0.15, 0.2) is 11.5 Å². The number of esters is 1. The Bertz CT molecular complexity index is 902. The number of benzene rings is 1. The Morgan fingerprint density at radius 1 is 1.25 bits per heavy atom. The molecule has 7 nitrogen and oxygen atoms in total. The number of carbonyl (C=O) groups excluding carboxylic acids is 1. The third-order valence-corrected chi connectivity index (χ3v) is 5.36. The van der Waals surface area contributed by atoms with Crippen molar-refractivity contribution in [3.63, 3.8) is 0 Å². The lowest BCUT2D eigenvalue weighted by Crippen LogP contribution is -2.20. The quantitative estimate of drug-likeness (QED) is 0.675. The zero-order valence-corrected chi connectivity index (χ0v) is 17.6. The number of hydrogen-bond donors (Lipinski definition) is 1. The molecule has 0 spiro atoms. The Hall–Kier alpha value is -2.76. The molecule has 0 unspecified atom stereocenters. The summed E-state index contributed by atoms with van der Waals surface area (Å²) in [4.78, 5) is 14.7. The van der Waals surface area contributed by atoms with Crippen LogP contribution in [-0.2, 0) is 17.8 Å². The molecule has 1 heterocycles. The van der Waals surface area contributed by atoms with Crippen molar-refractivity contribution in [3.05, 3.63) is 39.3 Å². The molecule has 0 aliphatic rings. The number of carbonyl (C=O) groups is 1. The number of ether oxygens (including phenoxy) is 3. The van der Waals surface area contributed by atoms with Crippen LogP contribution in [0.3, 0.4) is 0 Å². The number of nitrogens with zero attached hydrogens (tertiary/aromatic N) is 2. The summed E-state index contributed by atoms with van der Waals surface area (Å²) in [6, 6.07) is 5.97. The molecule has 2 rings (SSSR count). The van der Waals surface area contributed by atoms with Crippen LogP contribution in [0.25, 0.3) is 0 Å². The zero-order valence-electron chi connectivity index (χ0n) is 16.8. The maximum atomic E-state index is 12.3. The number of rotatable bonds is 8. The molecule has 8 heteroatoms. The lowest BCUT2D eigenvalue weighted by atomic mass is 10.1. The van der Waals surface area contributed by atoms with Crippen LogP contribution < -0.4 is 15.2 Å². The topological polar surface area (TPSA) is 97.8 Å². The number of nitrogens with two attached hydrogens (primary N) is 1. The molecule has 0 atom stereocenters. The molecule has 1 aromatic heterocycles. The van der Waals surface area contributed by atoms with Gasteiger partial charge in [0, 0.05) is 18.7 Å². The second-order valence-corrected chi connectivity index (χ2v) is 7.34. The van der Waals surface area contributed by atoms with Crippen molar-refractivity contribution >= 4 is 22.3 Å². The number of nitrogen functional groups attached to an aromatic ring is 1. The molecule has 0 saturated carbocycles. The largest absolute Gasteiger partial charge is 0.493 e. The Balaban J connectivity index is 2.30. The number of thiophene rings is 1. The number of anilines is 1. The van der Waals surface area contributed by atoms with Crippen molar-refractivity contribution < 1.29 is 19.0 Å². The number of aryl methyl sites for hydroxylation is 1. The molecule has 0 fully saturated rings. The zero-order chi connectivity index (χ0) is 20.8.